The Morgan fingerprint density at radius 3 is 1.94 bits per heavy atom. The molecular weight excluding hydrogens is 220 g/mol. The lowest BCUT2D eigenvalue weighted by Crippen LogP contribution is -2.15. The van der Waals surface area contributed by atoms with E-state index in [9.17, 15) is 0 Å². The molecule has 1 aliphatic rings. The van der Waals surface area contributed by atoms with Gasteiger partial charge in [0.25, 0.3) is 5.71 Å². The van der Waals surface area contributed by atoms with Crippen molar-refractivity contribution in [3.05, 3.63) is 28.3 Å². The third-order valence-corrected chi connectivity index (χ3v) is 4.60. The van der Waals surface area contributed by atoms with Gasteiger partial charge in [0.15, 0.2) is 0 Å². The van der Waals surface area contributed by atoms with Crippen LogP contribution in [0.1, 0.15) is 36.1 Å². The minimum absolute atomic E-state index is 0.959. The predicted molar refractivity (Wildman–Crippen MR) is 77.7 cm³/mol. The Hall–Kier alpha value is -1.44. The molecule has 0 radical (unpaired) electrons. The highest BCUT2D eigenvalue weighted by molar-refractivity contribution is 6.37. The quantitative estimate of drug-likeness (QED) is 0.670. The van der Waals surface area contributed by atoms with E-state index < -0.39 is 0 Å². The molecule has 1 aromatic rings. The number of hydrogen-bond acceptors (Lipinski definition) is 0. The standard InChI is InChI=1S/C16H24N2/c1-10-8-16(13(4)12(3)11(10)2)18-9-17(7)14(5)15(18)6/h8H,9H2,1-7H3/q+2. The molecule has 0 fully saturated rings. The summed E-state index contributed by atoms with van der Waals surface area (Å²) in [5, 5.41) is 0. The van der Waals surface area contributed by atoms with Crippen LogP contribution in [0.4, 0.5) is 5.69 Å². The van der Waals surface area contributed by atoms with Gasteiger partial charge >= 0.3 is 6.67 Å². The molecule has 0 unspecified atom stereocenters. The minimum atomic E-state index is 0.959. The summed E-state index contributed by atoms with van der Waals surface area (Å²) in [5.74, 6) is 0. The van der Waals surface area contributed by atoms with Crippen molar-refractivity contribution in [1.82, 2.24) is 0 Å². The minimum Gasteiger partial charge on any atom is -0.173 e. The normalized spacial score (nSPS) is 15.9. The van der Waals surface area contributed by atoms with Crippen LogP contribution in [-0.2, 0) is 0 Å². The Morgan fingerprint density at radius 1 is 0.833 bits per heavy atom. The maximum Gasteiger partial charge on any atom is 0.339 e. The molecule has 2 nitrogen and oxygen atoms in total. The highest BCUT2D eigenvalue weighted by atomic mass is 15.2. The smallest absolute Gasteiger partial charge is 0.173 e. The summed E-state index contributed by atoms with van der Waals surface area (Å²) in [7, 11) is 2.15. The van der Waals surface area contributed by atoms with Crippen molar-refractivity contribution >= 4 is 17.1 Å². The number of rotatable bonds is 1. The molecule has 0 bridgehead atoms. The summed E-state index contributed by atoms with van der Waals surface area (Å²) < 4.78 is 4.73. The molecule has 0 N–H and O–H groups in total. The van der Waals surface area contributed by atoms with Crippen molar-refractivity contribution in [3.8, 4) is 0 Å². The second-order valence-corrected chi connectivity index (χ2v) is 5.53. The van der Waals surface area contributed by atoms with Crippen LogP contribution in [0, 0.1) is 27.7 Å². The van der Waals surface area contributed by atoms with E-state index in [2.05, 4.69) is 63.8 Å². The third kappa shape index (κ3) is 1.80. The Labute approximate surface area is 110 Å². The third-order valence-electron chi connectivity index (χ3n) is 4.60. The van der Waals surface area contributed by atoms with Gasteiger partial charge in [-0.05, 0) is 44.4 Å². The average Bonchev–Trinajstić information content (AvgIpc) is 2.59. The molecule has 0 atom stereocenters. The molecule has 0 aliphatic carbocycles. The molecule has 96 valence electrons. The highest BCUT2D eigenvalue weighted by Gasteiger charge is 2.33. The Bertz CT molecular complexity index is 590. The molecule has 2 heteroatoms. The lowest BCUT2D eigenvalue weighted by molar-refractivity contribution is -0.665. The molecule has 0 saturated carbocycles. The zero-order valence-corrected chi connectivity index (χ0v) is 12.7. The van der Waals surface area contributed by atoms with Gasteiger partial charge in [0.2, 0.25) is 11.4 Å². The van der Waals surface area contributed by atoms with Crippen LogP contribution in [0.5, 0.6) is 0 Å². The summed E-state index contributed by atoms with van der Waals surface area (Å²) in [6.45, 7) is 14.2. The molecule has 1 aromatic carbocycles. The first kappa shape index (κ1) is 13.0. The van der Waals surface area contributed by atoms with Crippen molar-refractivity contribution < 1.29 is 9.15 Å². The fraction of sp³-hybridized carbons (Fsp3) is 0.500. The van der Waals surface area contributed by atoms with Crippen molar-refractivity contribution in [2.45, 2.75) is 41.5 Å². The largest absolute Gasteiger partial charge is 0.339 e. The number of benzene rings is 1. The van der Waals surface area contributed by atoms with Crippen LogP contribution in [-0.4, -0.2) is 34.3 Å². The maximum absolute atomic E-state index is 2.42. The van der Waals surface area contributed by atoms with Crippen LogP contribution < -0.4 is 0 Å². The molecule has 1 heterocycles. The van der Waals surface area contributed by atoms with Gasteiger partial charge in [-0.15, -0.1) is 4.58 Å². The Kier molecular flexibility index (Phi) is 3.14. The average molecular weight is 244 g/mol. The number of hydrogen-bond donors (Lipinski definition) is 0. The topological polar surface area (TPSA) is 6.02 Å². The summed E-state index contributed by atoms with van der Waals surface area (Å²) in [5.41, 5.74) is 9.71. The molecule has 18 heavy (non-hydrogen) atoms. The van der Waals surface area contributed by atoms with Crippen molar-refractivity contribution in [2.24, 2.45) is 0 Å². The predicted octanol–water partition coefficient (Wildman–Crippen LogP) is 3.10. The second-order valence-electron chi connectivity index (χ2n) is 5.53. The summed E-state index contributed by atoms with van der Waals surface area (Å²) in [4.78, 5) is 0. The van der Waals surface area contributed by atoms with E-state index in [-0.39, 0.29) is 0 Å². The zero-order chi connectivity index (χ0) is 13.6. The summed E-state index contributed by atoms with van der Waals surface area (Å²) >= 11 is 0. The van der Waals surface area contributed by atoms with Crippen LogP contribution in [0.3, 0.4) is 0 Å². The van der Waals surface area contributed by atoms with Gasteiger partial charge in [-0.3, -0.25) is 0 Å². The first-order valence-electron chi connectivity index (χ1n) is 6.58. The van der Waals surface area contributed by atoms with Gasteiger partial charge in [-0.25, -0.2) is 0 Å². The fourth-order valence-corrected chi connectivity index (χ4v) is 2.62. The van der Waals surface area contributed by atoms with E-state index in [4.69, 9.17) is 0 Å². The van der Waals surface area contributed by atoms with Crippen LogP contribution in [0.25, 0.3) is 0 Å². The lowest BCUT2D eigenvalue weighted by Gasteiger charge is -2.10. The van der Waals surface area contributed by atoms with Crippen LogP contribution >= 0.6 is 0 Å². The molecular formula is C16H24N2+2. The van der Waals surface area contributed by atoms with Gasteiger partial charge in [0, 0.05) is 25.5 Å². The van der Waals surface area contributed by atoms with Gasteiger partial charge in [-0.2, -0.15) is 4.58 Å². The molecule has 0 spiro atoms. The zero-order valence-electron chi connectivity index (χ0n) is 12.7. The molecule has 1 aliphatic heterocycles. The Balaban J connectivity index is 2.63. The highest BCUT2D eigenvalue weighted by Crippen LogP contribution is 2.28. The van der Waals surface area contributed by atoms with Gasteiger partial charge < -0.3 is 0 Å². The maximum atomic E-state index is 2.42. The van der Waals surface area contributed by atoms with E-state index in [1.54, 1.807) is 0 Å². The van der Waals surface area contributed by atoms with Crippen molar-refractivity contribution in [3.63, 3.8) is 0 Å². The Morgan fingerprint density at radius 2 is 1.44 bits per heavy atom. The number of aryl methyl sites for hydroxylation is 1. The first-order valence-corrected chi connectivity index (χ1v) is 6.58. The van der Waals surface area contributed by atoms with Gasteiger partial charge in [0.1, 0.15) is 7.05 Å². The lowest BCUT2D eigenvalue weighted by atomic mass is 9.97. The molecule has 0 aromatic heterocycles. The van der Waals surface area contributed by atoms with E-state index in [0.717, 1.165) is 6.67 Å². The monoisotopic (exact) mass is 244 g/mol. The SMILES string of the molecule is CC1=[N+](C)C[N+](c2cc(C)c(C)c(C)c2C)=C1C. The number of nitrogens with zero attached hydrogens (tertiary/aromatic N) is 2. The molecule has 0 saturated heterocycles. The van der Waals surface area contributed by atoms with E-state index in [1.807, 2.05) is 0 Å². The summed E-state index contributed by atoms with van der Waals surface area (Å²) in [6, 6.07) is 2.33. The van der Waals surface area contributed by atoms with Crippen LogP contribution in [0.2, 0.25) is 0 Å². The molecule has 2 rings (SSSR count). The second kappa shape index (κ2) is 4.34. The van der Waals surface area contributed by atoms with Gasteiger partial charge in [0.05, 0.1) is 0 Å². The van der Waals surface area contributed by atoms with Gasteiger partial charge in [-0.1, -0.05) is 0 Å². The molecule has 0 amide bonds. The van der Waals surface area contributed by atoms with Crippen molar-refractivity contribution in [1.29, 1.82) is 0 Å². The van der Waals surface area contributed by atoms with Crippen molar-refractivity contribution in [2.75, 3.05) is 13.7 Å². The van der Waals surface area contributed by atoms with E-state index in [0.29, 0.717) is 0 Å². The van der Waals surface area contributed by atoms with E-state index in [1.165, 1.54) is 39.4 Å². The van der Waals surface area contributed by atoms with Crippen LogP contribution in [0.15, 0.2) is 6.07 Å². The first-order chi connectivity index (χ1) is 8.34. The van der Waals surface area contributed by atoms with E-state index >= 15 is 0 Å². The summed E-state index contributed by atoms with van der Waals surface area (Å²) in [6.07, 6.45) is 0. The fourth-order valence-electron chi connectivity index (χ4n) is 2.62.